The minimum Gasteiger partial charge on any atom is -0.389 e. The van der Waals surface area contributed by atoms with Crippen LogP contribution in [0.15, 0.2) is 12.3 Å². The number of Topliss-reactive ketones (excluding diaryl/α,β-unsaturated/α-hetero) is 1. The van der Waals surface area contributed by atoms with Crippen LogP contribution < -0.4 is 5.32 Å². The molecule has 2 nitrogen and oxygen atoms in total. The van der Waals surface area contributed by atoms with E-state index in [4.69, 9.17) is 0 Å². The molecule has 1 N–H and O–H groups in total. The second-order valence-corrected chi connectivity index (χ2v) is 2.82. The van der Waals surface area contributed by atoms with Gasteiger partial charge in [0, 0.05) is 18.9 Å². The number of hydrogen-bond donors (Lipinski definition) is 1. The molecule has 0 heterocycles. The third-order valence-electron chi connectivity index (χ3n) is 1.29. The van der Waals surface area contributed by atoms with Crippen molar-refractivity contribution in [3.63, 3.8) is 0 Å². The molecule has 0 aromatic rings. The van der Waals surface area contributed by atoms with Gasteiger partial charge in [-0.25, -0.2) is 0 Å². The second kappa shape index (κ2) is 5.96. The van der Waals surface area contributed by atoms with Gasteiger partial charge in [0.1, 0.15) is 5.78 Å². The first-order chi connectivity index (χ1) is 5.16. The quantitative estimate of drug-likeness (QED) is 0.656. The number of hydrogen-bond acceptors (Lipinski definition) is 2. The molecule has 0 saturated heterocycles. The number of ketones is 1. The van der Waals surface area contributed by atoms with Gasteiger partial charge in [0.25, 0.3) is 0 Å². The average molecular weight is 155 g/mol. The molecule has 11 heavy (non-hydrogen) atoms. The van der Waals surface area contributed by atoms with Crippen molar-refractivity contribution in [1.29, 1.82) is 0 Å². The molecule has 0 fully saturated rings. The van der Waals surface area contributed by atoms with Gasteiger partial charge in [0.05, 0.1) is 0 Å². The van der Waals surface area contributed by atoms with Crippen LogP contribution in [0, 0.1) is 0 Å². The van der Waals surface area contributed by atoms with Crippen molar-refractivity contribution in [3.05, 3.63) is 12.3 Å². The van der Waals surface area contributed by atoms with Crippen molar-refractivity contribution in [2.75, 3.05) is 0 Å². The molecule has 2 heteroatoms. The third-order valence-corrected chi connectivity index (χ3v) is 1.29. The molecule has 0 aliphatic heterocycles. The molecule has 0 rings (SSSR count). The van der Waals surface area contributed by atoms with E-state index in [0.717, 1.165) is 0 Å². The fraction of sp³-hybridized carbons (Fsp3) is 0.667. The standard InChI is InChI=1S/C9H17NO/c1-4-9(11)6-5-7-10-8(2)3/h5,7-8,10H,4,6H2,1-3H3/b7-5+. The van der Waals surface area contributed by atoms with Crippen LogP contribution in [0.3, 0.4) is 0 Å². The fourth-order valence-electron chi connectivity index (χ4n) is 0.595. The van der Waals surface area contributed by atoms with Crippen LogP contribution in [0.1, 0.15) is 33.6 Å². The lowest BCUT2D eigenvalue weighted by atomic mass is 10.2. The monoisotopic (exact) mass is 155 g/mol. The van der Waals surface area contributed by atoms with Crippen molar-refractivity contribution in [3.8, 4) is 0 Å². The Morgan fingerprint density at radius 2 is 2.18 bits per heavy atom. The van der Waals surface area contributed by atoms with Gasteiger partial charge in [-0.1, -0.05) is 13.0 Å². The minimum atomic E-state index is 0.284. The summed E-state index contributed by atoms with van der Waals surface area (Å²) in [6.07, 6.45) is 4.90. The summed E-state index contributed by atoms with van der Waals surface area (Å²) in [5.74, 6) is 0.284. The van der Waals surface area contributed by atoms with Gasteiger partial charge >= 0.3 is 0 Å². The average Bonchev–Trinajstić information content (AvgIpc) is 1.97. The maximum absolute atomic E-state index is 10.8. The highest BCUT2D eigenvalue weighted by molar-refractivity contribution is 5.79. The second-order valence-electron chi connectivity index (χ2n) is 2.82. The van der Waals surface area contributed by atoms with E-state index in [2.05, 4.69) is 19.2 Å². The minimum absolute atomic E-state index is 0.284. The molecule has 0 atom stereocenters. The molecule has 0 amide bonds. The topological polar surface area (TPSA) is 29.1 Å². The van der Waals surface area contributed by atoms with Crippen molar-refractivity contribution in [2.24, 2.45) is 0 Å². The Bertz CT molecular complexity index is 138. The van der Waals surface area contributed by atoms with E-state index in [0.29, 0.717) is 18.9 Å². The molecule has 0 radical (unpaired) electrons. The van der Waals surface area contributed by atoms with Crippen molar-refractivity contribution in [1.82, 2.24) is 5.32 Å². The predicted molar refractivity (Wildman–Crippen MR) is 47.3 cm³/mol. The molecule has 64 valence electrons. The van der Waals surface area contributed by atoms with Crippen molar-refractivity contribution < 1.29 is 4.79 Å². The summed E-state index contributed by atoms with van der Waals surface area (Å²) >= 11 is 0. The summed E-state index contributed by atoms with van der Waals surface area (Å²) in [5.41, 5.74) is 0. The van der Waals surface area contributed by atoms with Crippen LogP contribution in [0.25, 0.3) is 0 Å². The zero-order valence-corrected chi connectivity index (χ0v) is 7.55. The Kier molecular flexibility index (Phi) is 5.53. The normalized spacial score (nSPS) is 10.9. The van der Waals surface area contributed by atoms with Crippen LogP contribution in [0.5, 0.6) is 0 Å². The molecular formula is C9H17NO. The van der Waals surface area contributed by atoms with Gasteiger partial charge in [-0.3, -0.25) is 4.79 Å². The van der Waals surface area contributed by atoms with E-state index in [9.17, 15) is 4.79 Å². The summed E-state index contributed by atoms with van der Waals surface area (Å²) in [5, 5.41) is 3.09. The molecule has 0 saturated carbocycles. The first-order valence-corrected chi connectivity index (χ1v) is 4.09. The molecule has 0 unspecified atom stereocenters. The Morgan fingerprint density at radius 3 is 2.64 bits per heavy atom. The Labute approximate surface area is 68.7 Å². The summed E-state index contributed by atoms with van der Waals surface area (Å²) in [6.45, 7) is 6.00. The third kappa shape index (κ3) is 7.10. The number of nitrogens with one attached hydrogen (secondary N) is 1. The Hall–Kier alpha value is -0.790. The first-order valence-electron chi connectivity index (χ1n) is 4.09. The van der Waals surface area contributed by atoms with Crippen LogP contribution in [-0.4, -0.2) is 11.8 Å². The number of allylic oxidation sites excluding steroid dienone is 1. The van der Waals surface area contributed by atoms with Crippen molar-refractivity contribution in [2.45, 2.75) is 39.7 Å². The van der Waals surface area contributed by atoms with Gasteiger partial charge in [0.15, 0.2) is 0 Å². The maximum Gasteiger partial charge on any atom is 0.136 e. The van der Waals surface area contributed by atoms with E-state index < -0.39 is 0 Å². The molecule has 0 aromatic carbocycles. The number of rotatable bonds is 5. The molecule has 0 bridgehead atoms. The molecule has 0 spiro atoms. The van der Waals surface area contributed by atoms with E-state index in [1.165, 1.54) is 0 Å². The fourth-order valence-corrected chi connectivity index (χ4v) is 0.595. The summed E-state index contributed by atoms with van der Waals surface area (Å²) < 4.78 is 0. The number of carbonyl (C=O) groups is 1. The first kappa shape index (κ1) is 10.2. The summed E-state index contributed by atoms with van der Waals surface area (Å²) in [6, 6.07) is 0.447. The summed E-state index contributed by atoms with van der Waals surface area (Å²) in [4.78, 5) is 10.8. The maximum atomic E-state index is 10.8. The van der Waals surface area contributed by atoms with Crippen LogP contribution in [-0.2, 0) is 4.79 Å². The lowest BCUT2D eigenvalue weighted by Gasteiger charge is -2.01. The van der Waals surface area contributed by atoms with Gasteiger partial charge < -0.3 is 5.32 Å². The molecule has 0 aliphatic carbocycles. The van der Waals surface area contributed by atoms with Gasteiger partial charge in [-0.05, 0) is 20.0 Å². The lowest BCUT2D eigenvalue weighted by Crippen LogP contribution is -2.15. The van der Waals surface area contributed by atoms with E-state index >= 15 is 0 Å². The van der Waals surface area contributed by atoms with Gasteiger partial charge in [-0.2, -0.15) is 0 Å². The molecule has 0 aliphatic rings. The Balaban J connectivity index is 3.37. The SMILES string of the molecule is CCC(=O)C/C=C/NC(C)C. The lowest BCUT2D eigenvalue weighted by molar-refractivity contribution is -0.117. The highest BCUT2D eigenvalue weighted by Crippen LogP contribution is 1.89. The van der Waals surface area contributed by atoms with Crippen LogP contribution >= 0.6 is 0 Å². The summed E-state index contributed by atoms with van der Waals surface area (Å²) in [7, 11) is 0. The predicted octanol–water partition coefficient (Wildman–Crippen LogP) is 1.87. The zero-order chi connectivity index (χ0) is 8.69. The van der Waals surface area contributed by atoms with E-state index in [-0.39, 0.29) is 5.78 Å². The highest BCUT2D eigenvalue weighted by Gasteiger charge is 1.91. The smallest absolute Gasteiger partial charge is 0.136 e. The van der Waals surface area contributed by atoms with E-state index in [1.807, 2.05) is 19.2 Å². The van der Waals surface area contributed by atoms with Gasteiger partial charge in [-0.15, -0.1) is 0 Å². The number of carbonyl (C=O) groups excluding carboxylic acids is 1. The highest BCUT2D eigenvalue weighted by atomic mass is 16.1. The Morgan fingerprint density at radius 1 is 1.55 bits per heavy atom. The molecule has 0 aromatic heterocycles. The largest absolute Gasteiger partial charge is 0.389 e. The van der Waals surface area contributed by atoms with E-state index in [1.54, 1.807) is 0 Å². The zero-order valence-electron chi connectivity index (χ0n) is 7.55. The molecular weight excluding hydrogens is 138 g/mol. The van der Waals surface area contributed by atoms with Crippen molar-refractivity contribution >= 4 is 5.78 Å². The van der Waals surface area contributed by atoms with Crippen LogP contribution in [0.4, 0.5) is 0 Å². The van der Waals surface area contributed by atoms with Crippen LogP contribution in [0.2, 0.25) is 0 Å². The van der Waals surface area contributed by atoms with Gasteiger partial charge in [0.2, 0.25) is 0 Å².